The van der Waals surface area contributed by atoms with Crippen LogP contribution < -0.4 is 15.8 Å². The summed E-state index contributed by atoms with van der Waals surface area (Å²) >= 11 is 3.42. The van der Waals surface area contributed by atoms with Crippen LogP contribution in [0.3, 0.4) is 0 Å². The summed E-state index contributed by atoms with van der Waals surface area (Å²) < 4.78 is 6.54. The molecule has 21 heavy (non-hydrogen) atoms. The number of primary amides is 1. The van der Waals surface area contributed by atoms with Crippen LogP contribution >= 0.6 is 15.9 Å². The molecule has 0 radical (unpaired) electrons. The number of para-hydroxylation sites is 1. The van der Waals surface area contributed by atoms with Crippen molar-refractivity contribution < 1.29 is 9.53 Å². The molecule has 2 aromatic rings. The fourth-order valence-corrected chi connectivity index (χ4v) is 2.35. The van der Waals surface area contributed by atoms with E-state index in [0.717, 1.165) is 15.8 Å². The minimum Gasteiger partial charge on any atom is -0.491 e. The number of carbonyl (C=O) groups is 1. The first-order chi connectivity index (χ1) is 10.2. The van der Waals surface area contributed by atoms with Gasteiger partial charge in [-0.15, -0.1) is 0 Å². The van der Waals surface area contributed by atoms with Crippen molar-refractivity contribution in [2.45, 2.75) is 6.04 Å². The Bertz CT molecular complexity index is 590. The number of hydrogen-bond donors (Lipinski definition) is 2. The Kier molecular flexibility index (Phi) is 5.78. The van der Waals surface area contributed by atoms with Gasteiger partial charge >= 0.3 is 0 Å². The lowest BCUT2D eigenvalue weighted by Gasteiger charge is -2.16. The first-order valence-corrected chi connectivity index (χ1v) is 7.43. The number of amides is 1. The number of rotatable bonds is 7. The van der Waals surface area contributed by atoms with Gasteiger partial charge in [0.1, 0.15) is 18.4 Å². The van der Waals surface area contributed by atoms with E-state index in [1.165, 1.54) is 0 Å². The highest BCUT2D eigenvalue weighted by Crippen LogP contribution is 2.23. The lowest BCUT2D eigenvalue weighted by molar-refractivity contribution is -0.120. The lowest BCUT2D eigenvalue weighted by Crippen LogP contribution is -2.35. The second-order valence-electron chi connectivity index (χ2n) is 4.48. The summed E-state index contributed by atoms with van der Waals surface area (Å²) in [6, 6.07) is 16.5. The highest BCUT2D eigenvalue weighted by molar-refractivity contribution is 9.10. The van der Waals surface area contributed by atoms with Gasteiger partial charge in [-0.2, -0.15) is 0 Å². The van der Waals surface area contributed by atoms with Crippen molar-refractivity contribution >= 4 is 21.8 Å². The fourth-order valence-electron chi connectivity index (χ4n) is 1.95. The van der Waals surface area contributed by atoms with Crippen LogP contribution in [0.1, 0.15) is 11.6 Å². The van der Waals surface area contributed by atoms with E-state index in [2.05, 4.69) is 21.2 Å². The SMILES string of the molecule is NC(=O)[C@H](NCCOc1ccccc1Br)c1ccccc1. The lowest BCUT2D eigenvalue weighted by atomic mass is 10.1. The van der Waals surface area contributed by atoms with E-state index in [1.807, 2.05) is 54.6 Å². The van der Waals surface area contributed by atoms with E-state index < -0.39 is 11.9 Å². The zero-order valence-corrected chi connectivity index (χ0v) is 13.0. The van der Waals surface area contributed by atoms with Crippen LogP contribution in [0.5, 0.6) is 5.75 Å². The molecule has 0 fully saturated rings. The summed E-state index contributed by atoms with van der Waals surface area (Å²) in [7, 11) is 0. The molecule has 0 heterocycles. The summed E-state index contributed by atoms with van der Waals surface area (Å²) in [6.07, 6.45) is 0. The topological polar surface area (TPSA) is 64.4 Å². The monoisotopic (exact) mass is 348 g/mol. The minimum absolute atomic E-state index is 0.401. The summed E-state index contributed by atoms with van der Waals surface area (Å²) in [5.41, 5.74) is 6.29. The highest BCUT2D eigenvalue weighted by atomic mass is 79.9. The van der Waals surface area contributed by atoms with Crippen molar-refractivity contribution in [3.63, 3.8) is 0 Å². The van der Waals surface area contributed by atoms with Gasteiger partial charge in [0.05, 0.1) is 4.47 Å². The maximum Gasteiger partial charge on any atom is 0.239 e. The molecule has 1 atom stereocenters. The largest absolute Gasteiger partial charge is 0.491 e. The number of nitrogens with one attached hydrogen (secondary N) is 1. The molecule has 0 saturated carbocycles. The molecule has 0 aliphatic carbocycles. The van der Waals surface area contributed by atoms with E-state index in [9.17, 15) is 4.79 Å². The molecule has 0 aliphatic rings. The third-order valence-electron chi connectivity index (χ3n) is 2.96. The second-order valence-corrected chi connectivity index (χ2v) is 5.33. The number of carbonyl (C=O) groups excluding carboxylic acids is 1. The smallest absolute Gasteiger partial charge is 0.239 e. The first kappa shape index (κ1) is 15.5. The molecule has 0 spiro atoms. The minimum atomic E-state index is -0.506. The maximum atomic E-state index is 11.5. The molecule has 110 valence electrons. The van der Waals surface area contributed by atoms with Crippen molar-refractivity contribution in [1.82, 2.24) is 5.32 Å². The van der Waals surface area contributed by atoms with Gasteiger partial charge in [-0.3, -0.25) is 10.1 Å². The van der Waals surface area contributed by atoms with Crippen molar-refractivity contribution in [3.05, 3.63) is 64.6 Å². The van der Waals surface area contributed by atoms with Crippen molar-refractivity contribution in [2.24, 2.45) is 5.73 Å². The molecule has 2 aromatic carbocycles. The van der Waals surface area contributed by atoms with Crippen LogP contribution in [-0.4, -0.2) is 19.1 Å². The standard InChI is InChI=1S/C16H17BrN2O2/c17-13-8-4-5-9-14(13)21-11-10-19-15(16(18)20)12-6-2-1-3-7-12/h1-9,15,19H,10-11H2,(H2,18,20)/t15-/m1/s1. The normalized spacial score (nSPS) is 11.9. The molecule has 1 amide bonds. The van der Waals surface area contributed by atoms with Gasteiger partial charge in [-0.1, -0.05) is 42.5 Å². The summed E-state index contributed by atoms with van der Waals surface area (Å²) in [5, 5.41) is 3.11. The Hall–Kier alpha value is -1.85. The van der Waals surface area contributed by atoms with Crippen LogP contribution in [0.25, 0.3) is 0 Å². The molecule has 0 unspecified atom stereocenters. The number of benzene rings is 2. The van der Waals surface area contributed by atoms with Gasteiger partial charge in [0, 0.05) is 6.54 Å². The Labute approximate surface area is 132 Å². The van der Waals surface area contributed by atoms with Crippen LogP contribution in [0, 0.1) is 0 Å². The van der Waals surface area contributed by atoms with Gasteiger partial charge < -0.3 is 10.5 Å². The Morgan fingerprint density at radius 1 is 1.14 bits per heavy atom. The van der Waals surface area contributed by atoms with E-state index >= 15 is 0 Å². The predicted molar refractivity (Wildman–Crippen MR) is 86.0 cm³/mol. The number of halogens is 1. The van der Waals surface area contributed by atoms with Crippen LogP contribution in [0.15, 0.2) is 59.1 Å². The van der Waals surface area contributed by atoms with E-state index in [1.54, 1.807) is 0 Å². The number of ether oxygens (including phenoxy) is 1. The molecular formula is C16H17BrN2O2. The van der Waals surface area contributed by atoms with Crippen LogP contribution in [0.2, 0.25) is 0 Å². The van der Waals surface area contributed by atoms with Crippen molar-refractivity contribution in [3.8, 4) is 5.75 Å². The Morgan fingerprint density at radius 3 is 2.48 bits per heavy atom. The number of nitrogens with two attached hydrogens (primary N) is 1. The number of hydrogen-bond acceptors (Lipinski definition) is 3. The predicted octanol–water partition coefficient (Wildman–Crippen LogP) is 2.64. The summed E-state index contributed by atoms with van der Waals surface area (Å²) in [4.78, 5) is 11.5. The summed E-state index contributed by atoms with van der Waals surface area (Å²) in [5.74, 6) is 0.372. The zero-order chi connectivity index (χ0) is 15.1. The maximum absolute atomic E-state index is 11.5. The third kappa shape index (κ3) is 4.58. The molecule has 0 bridgehead atoms. The first-order valence-electron chi connectivity index (χ1n) is 6.63. The Morgan fingerprint density at radius 2 is 1.81 bits per heavy atom. The molecule has 2 rings (SSSR count). The zero-order valence-electron chi connectivity index (χ0n) is 11.5. The average molecular weight is 349 g/mol. The quantitative estimate of drug-likeness (QED) is 0.756. The van der Waals surface area contributed by atoms with Gasteiger partial charge in [0.25, 0.3) is 0 Å². The molecule has 3 N–H and O–H groups in total. The van der Waals surface area contributed by atoms with E-state index in [0.29, 0.717) is 13.2 Å². The van der Waals surface area contributed by atoms with Crippen molar-refractivity contribution in [1.29, 1.82) is 0 Å². The fraction of sp³-hybridized carbons (Fsp3) is 0.188. The Balaban J connectivity index is 1.86. The molecule has 0 aromatic heterocycles. The molecule has 0 aliphatic heterocycles. The van der Waals surface area contributed by atoms with Gasteiger partial charge in [-0.25, -0.2) is 0 Å². The summed E-state index contributed by atoms with van der Waals surface area (Å²) in [6.45, 7) is 0.961. The van der Waals surface area contributed by atoms with Crippen LogP contribution in [-0.2, 0) is 4.79 Å². The van der Waals surface area contributed by atoms with E-state index in [-0.39, 0.29) is 0 Å². The molecular weight excluding hydrogens is 332 g/mol. The second kappa shape index (κ2) is 7.81. The molecule has 0 saturated heterocycles. The highest BCUT2D eigenvalue weighted by Gasteiger charge is 2.16. The average Bonchev–Trinajstić information content (AvgIpc) is 2.49. The van der Waals surface area contributed by atoms with Gasteiger partial charge in [0.15, 0.2) is 0 Å². The van der Waals surface area contributed by atoms with Crippen LogP contribution in [0.4, 0.5) is 0 Å². The van der Waals surface area contributed by atoms with Crippen molar-refractivity contribution in [2.75, 3.05) is 13.2 Å². The third-order valence-corrected chi connectivity index (χ3v) is 3.62. The van der Waals surface area contributed by atoms with Gasteiger partial charge in [-0.05, 0) is 33.6 Å². The molecule has 4 nitrogen and oxygen atoms in total. The molecule has 5 heteroatoms. The van der Waals surface area contributed by atoms with Gasteiger partial charge in [0.2, 0.25) is 5.91 Å². The van der Waals surface area contributed by atoms with E-state index in [4.69, 9.17) is 10.5 Å².